The van der Waals surface area contributed by atoms with Gasteiger partial charge in [0.25, 0.3) is 0 Å². The van der Waals surface area contributed by atoms with E-state index in [4.69, 9.17) is 0 Å². The van der Waals surface area contributed by atoms with Gasteiger partial charge in [0.05, 0.1) is 6.07 Å². The lowest BCUT2D eigenvalue weighted by atomic mass is 9.97. The van der Waals surface area contributed by atoms with E-state index in [1.54, 1.807) is 12.1 Å². The van der Waals surface area contributed by atoms with Crippen molar-refractivity contribution in [3.8, 4) is 6.07 Å². The van der Waals surface area contributed by atoms with E-state index < -0.39 is 5.54 Å². The van der Waals surface area contributed by atoms with Crippen LogP contribution in [0.1, 0.15) is 32.6 Å². The number of hydrogen-bond acceptors (Lipinski definition) is 3. The molecule has 108 valence electrons. The van der Waals surface area contributed by atoms with Crippen molar-refractivity contribution in [1.82, 2.24) is 5.32 Å². The number of rotatable bonds is 7. The Bertz CT molecular complexity index is 475. The molecule has 1 atom stereocenters. The smallest absolute Gasteiger partial charge is 0.123 e. The second-order valence-electron chi connectivity index (χ2n) is 5.86. The van der Waals surface area contributed by atoms with Crippen LogP contribution in [0.3, 0.4) is 0 Å². The van der Waals surface area contributed by atoms with Gasteiger partial charge in [0.2, 0.25) is 0 Å². The molecule has 1 aliphatic rings. The van der Waals surface area contributed by atoms with Crippen LogP contribution >= 0.6 is 0 Å². The van der Waals surface area contributed by atoms with E-state index in [-0.39, 0.29) is 5.82 Å². The molecule has 20 heavy (non-hydrogen) atoms. The van der Waals surface area contributed by atoms with Gasteiger partial charge < -0.3 is 4.90 Å². The second-order valence-corrected chi connectivity index (χ2v) is 5.86. The summed E-state index contributed by atoms with van der Waals surface area (Å²) in [4.78, 5) is 2.09. The van der Waals surface area contributed by atoms with Crippen molar-refractivity contribution in [2.75, 3.05) is 18.5 Å². The van der Waals surface area contributed by atoms with E-state index in [2.05, 4.69) is 16.3 Å². The SMILES string of the molecule is CN(CCCC(C)(C#N)NC1CC1)c1ccc(F)cc1. The molecule has 1 saturated carbocycles. The molecule has 0 heterocycles. The summed E-state index contributed by atoms with van der Waals surface area (Å²) in [7, 11) is 1.99. The Morgan fingerprint density at radius 2 is 2.05 bits per heavy atom. The van der Waals surface area contributed by atoms with Gasteiger partial charge in [-0.2, -0.15) is 5.26 Å². The first-order valence-electron chi connectivity index (χ1n) is 7.18. The third-order valence-corrected chi connectivity index (χ3v) is 3.78. The highest BCUT2D eigenvalue weighted by Gasteiger charge is 2.31. The first-order valence-corrected chi connectivity index (χ1v) is 7.18. The molecule has 1 N–H and O–H groups in total. The topological polar surface area (TPSA) is 39.1 Å². The van der Waals surface area contributed by atoms with Gasteiger partial charge in [-0.25, -0.2) is 4.39 Å². The van der Waals surface area contributed by atoms with E-state index in [0.29, 0.717) is 6.04 Å². The zero-order valence-electron chi connectivity index (χ0n) is 12.2. The highest BCUT2D eigenvalue weighted by Crippen LogP contribution is 2.24. The van der Waals surface area contributed by atoms with Crippen LogP contribution in [0.2, 0.25) is 0 Å². The lowest BCUT2D eigenvalue weighted by molar-refractivity contribution is 0.405. The zero-order valence-corrected chi connectivity index (χ0v) is 12.2. The van der Waals surface area contributed by atoms with Gasteiger partial charge in [-0.3, -0.25) is 5.32 Å². The van der Waals surface area contributed by atoms with E-state index in [1.807, 2.05) is 14.0 Å². The van der Waals surface area contributed by atoms with Gasteiger partial charge in [-0.15, -0.1) is 0 Å². The van der Waals surface area contributed by atoms with E-state index in [0.717, 1.165) is 25.1 Å². The van der Waals surface area contributed by atoms with Crippen LogP contribution in [-0.2, 0) is 0 Å². The van der Waals surface area contributed by atoms with Crippen molar-refractivity contribution in [3.63, 3.8) is 0 Å². The summed E-state index contributed by atoms with van der Waals surface area (Å²) in [5.74, 6) is -0.215. The van der Waals surface area contributed by atoms with Gasteiger partial charge >= 0.3 is 0 Å². The molecule has 3 nitrogen and oxygen atoms in total. The van der Waals surface area contributed by atoms with Crippen LogP contribution in [0.15, 0.2) is 24.3 Å². The maximum absolute atomic E-state index is 12.9. The molecular weight excluding hydrogens is 253 g/mol. The quantitative estimate of drug-likeness (QED) is 0.831. The summed E-state index contributed by atoms with van der Waals surface area (Å²) in [6.07, 6.45) is 4.13. The molecule has 1 aromatic rings. The van der Waals surface area contributed by atoms with Gasteiger partial charge in [-0.1, -0.05) is 0 Å². The molecule has 0 aliphatic heterocycles. The van der Waals surface area contributed by atoms with Crippen LogP contribution in [0.5, 0.6) is 0 Å². The summed E-state index contributed by atoms with van der Waals surface area (Å²) in [6, 6.07) is 9.43. The summed E-state index contributed by atoms with van der Waals surface area (Å²) in [5.41, 5.74) is 0.574. The average molecular weight is 275 g/mol. The zero-order chi connectivity index (χ0) is 14.6. The minimum Gasteiger partial charge on any atom is -0.375 e. The second kappa shape index (κ2) is 6.23. The fourth-order valence-electron chi connectivity index (χ4n) is 2.33. The minimum absolute atomic E-state index is 0.215. The van der Waals surface area contributed by atoms with Crippen LogP contribution in [0.4, 0.5) is 10.1 Å². The van der Waals surface area contributed by atoms with Crippen LogP contribution < -0.4 is 10.2 Å². The molecule has 1 fully saturated rings. The Morgan fingerprint density at radius 3 is 2.60 bits per heavy atom. The Hall–Kier alpha value is -1.60. The molecule has 0 spiro atoms. The maximum Gasteiger partial charge on any atom is 0.123 e. The Balaban J connectivity index is 1.79. The van der Waals surface area contributed by atoms with Crippen molar-refractivity contribution in [1.29, 1.82) is 5.26 Å². The van der Waals surface area contributed by atoms with Gasteiger partial charge in [0.1, 0.15) is 11.4 Å². The Kier molecular flexibility index (Phi) is 4.61. The monoisotopic (exact) mass is 275 g/mol. The third-order valence-electron chi connectivity index (χ3n) is 3.78. The first-order chi connectivity index (χ1) is 9.52. The van der Waals surface area contributed by atoms with Crippen LogP contribution in [-0.4, -0.2) is 25.2 Å². The van der Waals surface area contributed by atoms with E-state index in [1.165, 1.54) is 25.0 Å². The first kappa shape index (κ1) is 14.8. The maximum atomic E-state index is 12.9. The summed E-state index contributed by atoms with van der Waals surface area (Å²) >= 11 is 0. The lowest BCUT2D eigenvalue weighted by Crippen LogP contribution is -2.42. The molecule has 1 unspecified atom stereocenters. The number of hydrogen-bond donors (Lipinski definition) is 1. The molecule has 1 aromatic carbocycles. The summed E-state index contributed by atoms with van der Waals surface area (Å²) in [5, 5.41) is 12.7. The third kappa shape index (κ3) is 4.21. The number of nitrogens with one attached hydrogen (secondary N) is 1. The van der Waals surface area contributed by atoms with Gasteiger partial charge in [0.15, 0.2) is 0 Å². The number of nitriles is 1. The summed E-state index contributed by atoms with van der Waals surface area (Å²) in [6.45, 7) is 2.83. The van der Waals surface area contributed by atoms with E-state index >= 15 is 0 Å². The molecule has 0 aromatic heterocycles. The predicted molar refractivity (Wildman–Crippen MR) is 79.1 cm³/mol. The Morgan fingerprint density at radius 1 is 1.40 bits per heavy atom. The summed E-state index contributed by atoms with van der Waals surface area (Å²) < 4.78 is 12.9. The van der Waals surface area contributed by atoms with Gasteiger partial charge in [-0.05, 0) is 56.9 Å². The largest absolute Gasteiger partial charge is 0.375 e. The predicted octanol–water partition coefficient (Wildman–Crippen LogP) is 3.08. The molecule has 0 bridgehead atoms. The number of nitrogens with zero attached hydrogens (tertiary/aromatic N) is 2. The van der Waals surface area contributed by atoms with Crippen molar-refractivity contribution in [2.24, 2.45) is 0 Å². The molecule has 0 saturated heterocycles. The van der Waals surface area contributed by atoms with E-state index in [9.17, 15) is 9.65 Å². The molecule has 0 amide bonds. The highest BCUT2D eigenvalue weighted by molar-refractivity contribution is 5.45. The van der Waals surface area contributed by atoms with Gasteiger partial charge in [0, 0.05) is 25.3 Å². The number of halogens is 1. The molecule has 0 radical (unpaired) electrons. The van der Waals surface area contributed by atoms with Crippen molar-refractivity contribution in [2.45, 2.75) is 44.2 Å². The molecule has 1 aliphatic carbocycles. The molecular formula is C16H22FN3. The Labute approximate surface area is 120 Å². The molecule has 4 heteroatoms. The normalized spacial score (nSPS) is 17.3. The van der Waals surface area contributed by atoms with Crippen LogP contribution in [0.25, 0.3) is 0 Å². The number of anilines is 1. The fourth-order valence-corrected chi connectivity index (χ4v) is 2.33. The fraction of sp³-hybridized carbons (Fsp3) is 0.562. The lowest BCUT2D eigenvalue weighted by Gasteiger charge is -2.25. The molecule has 2 rings (SSSR count). The number of benzene rings is 1. The van der Waals surface area contributed by atoms with Crippen molar-refractivity contribution in [3.05, 3.63) is 30.1 Å². The standard InChI is InChI=1S/C16H22FN3/c1-16(12-18,19-14-6-7-14)10-3-11-20(2)15-8-4-13(17)5-9-15/h4-5,8-9,14,19H,3,6-7,10-11H2,1-2H3. The van der Waals surface area contributed by atoms with Crippen molar-refractivity contribution >= 4 is 5.69 Å². The van der Waals surface area contributed by atoms with Crippen molar-refractivity contribution < 1.29 is 4.39 Å². The minimum atomic E-state index is -0.426. The van der Waals surface area contributed by atoms with Crippen LogP contribution in [0, 0.1) is 17.1 Å². The highest BCUT2D eigenvalue weighted by atomic mass is 19.1. The average Bonchev–Trinajstić information content (AvgIpc) is 3.23.